The largest absolute Gasteiger partial charge is 0.450 e. The van der Waals surface area contributed by atoms with Crippen LogP contribution in [0.2, 0.25) is 0 Å². The fourth-order valence-corrected chi connectivity index (χ4v) is 4.29. The molecular formula is C24H20Cl2FNO3. The zero-order valence-corrected chi connectivity index (χ0v) is 18.6. The standard InChI is InChI=1S/C24H20Cl2FNO3/c1-12-8-9-13(10-16(12)27)21(29)22-20(14-6-4-5-7-17(14)31-22)28-23(30)19-15(11-18(25)26)24(19,2)3/h4-11,15,19H,1-3H3,(H,28,30). The van der Waals surface area contributed by atoms with Gasteiger partial charge in [0, 0.05) is 10.9 Å². The van der Waals surface area contributed by atoms with Gasteiger partial charge in [0.1, 0.15) is 15.9 Å². The normalized spacial score (nSPS) is 19.2. The van der Waals surface area contributed by atoms with E-state index in [0.717, 1.165) is 0 Å². The van der Waals surface area contributed by atoms with Crippen molar-refractivity contribution in [1.82, 2.24) is 0 Å². The van der Waals surface area contributed by atoms with Crippen LogP contribution in [0, 0.1) is 30.0 Å². The van der Waals surface area contributed by atoms with Gasteiger partial charge in [-0.3, -0.25) is 9.59 Å². The number of nitrogens with one attached hydrogen (secondary N) is 1. The molecule has 0 spiro atoms. The molecule has 1 aliphatic carbocycles. The summed E-state index contributed by atoms with van der Waals surface area (Å²) in [6, 6.07) is 11.3. The summed E-state index contributed by atoms with van der Waals surface area (Å²) >= 11 is 11.6. The second-order valence-corrected chi connectivity index (χ2v) is 9.37. The number of hydrogen-bond acceptors (Lipinski definition) is 3. The Morgan fingerprint density at radius 1 is 1.16 bits per heavy atom. The maximum atomic E-state index is 14.0. The lowest BCUT2D eigenvalue weighted by Crippen LogP contribution is -2.18. The molecule has 1 heterocycles. The first-order valence-corrected chi connectivity index (χ1v) is 10.5. The van der Waals surface area contributed by atoms with Crippen LogP contribution in [-0.4, -0.2) is 11.7 Å². The fourth-order valence-electron chi connectivity index (χ4n) is 4.02. The van der Waals surface area contributed by atoms with Crippen molar-refractivity contribution < 1.29 is 18.4 Å². The maximum Gasteiger partial charge on any atom is 0.230 e. The molecule has 160 valence electrons. The summed E-state index contributed by atoms with van der Waals surface area (Å²) in [7, 11) is 0. The average Bonchev–Trinajstić information content (AvgIpc) is 3.06. The van der Waals surface area contributed by atoms with E-state index in [-0.39, 0.29) is 44.7 Å². The van der Waals surface area contributed by atoms with Crippen LogP contribution in [0.1, 0.15) is 35.5 Å². The number of carbonyl (C=O) groups excluding carboxylic acids is 2. The van der Waals surface area contributed by atoms with Gasteiger partial charge in [-0.15, -0.1) is 0 Å². The number of furan rings is 1. The van der Waals surface area contributed by atoms with Crippen molar-refractivity contribution in [3.8, 4) is 0 Å². The van der Waals surface area contributed by atoms with Gasteiger partial charge in [0.2, 0.25) is 11.7 Å². The molecule has 2 aromatic carbocycles. The summed E-state index contributed by atoms with van der Waals surface area (Å²) in [5.41, 5.74) is 0.961. The Kier molecular flexibility index (Phi) is 5.44. The van der Waals surface area contributed by atoms with Gasteiger partial charge in [0.05, 0.1) is 11.6 Å². The molecular weight excluding hydrogens is 440 g/mol. The lowest BCUT2D eigenvalue weighted by atomic mass is 10.0. The molecule has 3 aromatic rings. The van der Waals surface area contributed by atoms with Crippen molar-refractivity contribution in [2.75, 3.05) is 5.32 Å². The van der Waals surface area contributed by atoms with E-state index in [9.17, 15) is 14.0 Å². The molecule has 2 unspecified atom stereocenters. The molecule has 0 aliphatic heterocycles. The highest BCUT2D eigenvalue weighted by molar-refractivity contribution is 6.55. The molecule has 2 atom stereocenters. The maximum absolute atomic E-state index is 14.0. The van der Waals surface area contributed by atoms with E-state index in [1.165, 1.54) is 18.2 Å². The zero-order valence-electron chi connectivity index (χ0n) is 17.1. The van der Waals surface area contributed by atoms with Crippen molar-refractivity contribution in [2.24, 2.45) is 17.3 Å². The SMILES string of the molecule is Cc1ccc(C(=O)c2oc3ccccc3c2NC(=O)C2C(C=C(Cl)Cl)C2(C)C)cc1F. The van der Waals surface area contributed by atoms with E-state index in [0.29, 0.717) is 16.5 Å². The first-order valence-electron chi connectivity index (χ1n) is 9.77. The van der Waals surface area contributed by atoms with Gasteiger partial charge in [0.15, 0.2) is 5.76 Å². The van der Waals surface area contributed by atoms with Crippen molar-refractivity contribution in [1.29, 1.82) is 0 Å². The average molecular weight is 460 g/mol. The summed E-state index contributed by atoms with van der Waals surface area (Å²) in [6.07, 6.45) is 1.65. The number of halogens is 3. The molecule has 1 aliphatic rings. The fraction of sp³-hybridized carbons (Fsp3) is 0.250. The first kappa shape index (κ1) is 21.6. The van der Waals surface area contributed by atoms with Crippen molar-refractivity contribution in [2.45, 2.75) is 20.8 Å². The number of ketones is 1. The number of hydrogen-bond donors (Lipinski definition) is 1. The number of amides is 1. The van der Waals surface area contributed by atoms with Gasteiger partial charge in [-0.2, -0.15) is 0 Å². The van der Waals surface area contributed by atoms with Crippen LogP contribution in [0.15, 0.2) is 57.4 Å². The number of fused-ring (bicyclic) bond motifs is 1. The van der Waals surface area contributed by atoms with Gasteiger partial charge in [0.25, 0.3) is 0 Å². The van der Waals surface area contributed by atoms with Crippen LogP contribution in [-0.2, 0) is 4.79 Å². The van der Waals surface area contributed by atoms with Crippen LogP contribution in [0.25, 0.3) is 11.0 Å². The van der Waals surface area contributed by atoms with Crippen molar-refractivity contribution >= 4 is 51.5 Å². The van der Waals surface area contributed by atoms with Crippen LogP contribution < -0.4 is 5.32 Å². The molecule has 1 aromatic heterocycles. The molecule has 1 amide bonds. The third-order valence-corrected chi connectivity index (χ3v) is 6.23. The predicted octanol–water partition coefficient (Wildman–Crippen LogP) is 6.64. The van der Waals surface area contributed by atoms with Gasteiger partial charge in [-0.05, 0) is 48.1 Å². The minimum absolute atomic E-state index is 0.0428. The minimum Gasteiger partial charge on any atom is -0.450 e. The third kappa shape index (κ3) is 3.88. The van der Waals surface area contributed by atoms with Crippen molar-refractivity contribution in [3.05, 3.63) is 75.7 Å². The molecule has 0 saturated heterocycles. The predicted molar refractivity (Wildman–Crippen MR) is 120 cm³/mol. The summed E-state index contributed by atoms with van der Waals surface area (Å²) in [6.45, 7) is 5.51. The van der Waals surface area contributed by atoms with Crippen molar-refractivity contribution in [3.63, 3.8) is 0 Å². The van der Waals surface area contributed by atoms with Crippen LogP contribution in [0.3, 0.4) is 0 Å². The Morgan fingerprint density at radius 2 is 1.87 bits per heavy atom. The molecule has 0 bridgehead atoms. The molecule has 0 radical (unpaired) electrons. The Balaban J connectivity index is 1.72. The van der Waals surface area contributed by atoms with Gasteiger partial charge in [-0.25, -0.2) is 4.39 Å². The van der Waals surface area contributed by atoms with Crippen LogP contribution >= 0.6 is 23.2 Å². The van der Waals surface area contributed by atoms with Crippen LogP contribution in [0.4, 0.5) is 10.1 Å². The van der Waals surface area contributed by atoms with E-state index in [2.05, 4.69) is 5.32 Å². The van der Waals surface area contributed by atoms with E-state index in [1.807, 2.05) is 13.8 Å². The van der Waals surface area contributed by atoms with Gasteiger partial charge < -0.3 is 9.73 Å². The Labute approximate surface area is 189 Å². The Morgan fingerprint density at radius 3 is 2.55 bits per heavy atom. The number of benzene rings is 2. The molecule has 1 fully saturated rings. The van der Waals surface area contributed by atoms with E-state index < -0.39 is 11.6 Å². The molecule has 7 heteroatoms. The topological polar surface area (TPSA) is 59.3 Å². The highest BCUT2D eigenvalue weighted by Crippen LogP contribution is 2.60. The zero-order chi connectivity index (χ0) is 22.5. The summed E-state index contributed by atoms with van der Waals surface area (Å²) in [5, 5.41) is 3.46. The number of anilines is 1. The highest BCUT2D eigenvalue weighted by Gasteiger charge is 2.60. The number of rotatable bonds is 5. The number of allylic oxidation sites excluding steroid dienone is 1. The quantitative estimate of drug-likeness (QED) is 0.434. The molecule has 4 nitrogen and oxygen atoms in total. The summed E-state index contributed by atoms with van der Waals surface area (Å²) < 4.78 is 19.9. The van der Waals surface area contributed by atoms with Gasteiger partial charge >= 0.3 is 0 Å². The molecule has 1 N–H and O–H groups in total. The Hall–Kier alpha value is -2.63. The third-order valence-electron chi connectivity index (χ3n) is 5.98. The lowest BCUT2D eigenvalue weighted by molar-refractivity contribution is -0.118. The first-order chi connectivity index (χ1) is 14.6. The number of carbonyl (C=O) groups is 2. The number of aryl methyl sites for hydroxylation is 1. The van der Waals surface area contributed by atoms with E-state index >= 15 is 0 Å². The molecule has 4 rings (SSSR count). The lowest BCUT2D eigenvalue weighted by Gasteiger charge is -2.07. The Bertz CT molecular complexity index is 1240. The van der Waals surface area contributed by atoms with E-state index in [4.69, 9.17) is 27.6 Å². The number of para-hydroxylation sites is 1. The van der Waals surface area contributed by atoms with Gasteiger partial charge in [-0.1, -0.05) is 61.3 Å². The second-order valence-electron chi connectivity index (χ2n) is 8.37. The van der Waals surface area contributed by atoms with E-state index in [1.54, 1.807) is 37.3 Å². The smallest absolute Gasteiger partial charge is 0.230 e. The molecule has 1 saturated carbocycles. The summed E-state index contributed by atoms with van der Waals surface area (Å²) in [4.78, 5) is 26.2. The highest BCUT2D eigenvalue weighted by atomic mass is 35.5. The second kappa shape index (κ2) is 7.81. The van der Waals surface area contributed by atoms with Crippen LogP contribution in [0.5, 0.6) is 0 Å². The minimum atomic E-state index is -0.513. The summed E-state index contributed by atoms with van der Waals surface area (Å²) in [5.74, 6) is -1.80. The monoisotopic (exact) mass is 459 g/mol. The molecule has 31 heavy (non-hydrogen) atoms.